The van der Waals surface area contributed by atoms with E-state index in [-0.39, 0.29) is 17.2 Å². The number of nitrogens with zero attached hydrogens (tertiary/aromatic N) is 1. The fourth-order valence-electron chi connectivity index (χ4n) is 3.22. The van der Waals surface area contributed by atoms with Crippen LogP contribution in [0.5, 0.6) is 5.75 Å². The van der Waals surface area contributed by atoms with Gasteiger partial charge in [-0.2, -0.15) is 0 Å². The summed E-state index contributed by atoms with van der Waals surface area (Å²) in [7, 11) is 1.89. The zero-order valence-corrected chi connectivity index (χ0v) is 14.0. The summed E-state index contributed by atoms with van der Waals surface area (Å²) in [6.07, 6.45) is 0. The molecule has 1 aliphatic rings. The van der Waals surface area contributed by atoms with Crippen LogP contribution in [0.25, 0.3) is 0 Å². The first kappa shape index (κ1) is 16.1. The van der Waals surface area contributed by atoms with Crippen molar-refractivity contribution in [3.8, 4) is 5.75 Å². The van der Waals surface area contributed by atoms with E-state index in [2.05, 4.69) is 44.0 Å². The van der Waals surface area contributed by atoms with E-state index >= 15 is 0 Å². The molecule has 1 aliphatic heterocycles. The molecule has 0 spiro atoms. The van der Waals surface area contributed by atoms with Crippen molar-refractivity contribution in [1.29, 1.82) is 0 Å². The predicted octanol–water partition coefficient (Wildman–Crippen LogP) is 3.07. The average molecular weight is 292 g/mol. The second-order valence-corrected chi connectivity index (χ2v) is 7.23. The van der Waals surface area contributed by atoms with Crippen molar-refractivity contribution >= 4 is 5.69 Å². The van der Waals surface area contributed by atoms with Gasteiger partial charge in [0.05, 0.1) is 11.2 Å². The van der Waals surface area contributed by atoms with Crippen LogP contribution in [0.2, 0.25) is 0 Å². The number of rotatable bonds is 3. The third-order valence-corrected chi connectivity index (χ3v) is 3.97. The maximum absolute atomic E-state index is 10.3. The number of aromatic hydroxyl groups is 1. The van der Waals surface area contributed by atoms with E-state index in [9.17, 15) is 5.11 Å². The van der Waals surface area contributed by atoms with Crippen LogP contribution in [0.1, 0.15) is 46.2 Å². The van der Waals surface area contributed by atoms with Gasteiger partial charge in [-0.3, -0.25) is 0 Å². The lowest BCUT2D eigenvalue weighted by Gasteiger charge is -2.48. The van der Waals surface area contributed by atoms with Crippen molar-refractivity contribution in [3.05, 3.63) is 23.8 Å². The van der Waals surface area contributed by atoms with Crippen molar-refractivity contribution < 1.29 is 9.84 Å². The SMILES string of the molecule is CNC(C)c1ccc(N2CC(C)(C)OC(C)(C)C2)cc1O. The molecule has 1 heterocycles. The first-order chi connectivity index (χ1) is 9.63. The molecule has 4 heteroatoms. The molecule has 1 saturated heterocycles. The highest BCUT2D eigenvalue weighted by Gasteiger charge is 2.38. The number of anilines is 1. The Balaban J connectivity index is 2.28. The Morgan fingerprint density at radius 2 is 1.76 bits per heavy atom. The molecule has 4 nitrogen and oxygen atoms in total. The number of phenols is 1. The van der Waals surface area contributed by atoms with Crippen LogP contribution < -0.4 is 10.2 Å². The molecule has 0 aromatic heterocycles. The molecule has 1 fully saturated rings. The van der Waals surface area contributed by atoms with Gasteiger partial charge >= 0.3 is 0 Å². The monoisotopic (exact) mass is 292 g/mol. The van der Waals surface area contributed by atoms with Crippen molar-refractivity contribution in [1.82, 2.24) is 5.32 Å². The van der Waals surface area contributed by atoms with Crippen LogP contribution in [-0.2, 0) is 4.74 Å². The van der Waals surface area contributed by atoms with Gasteiger partial charge in [0.15, 0.2) is 0 Å². The smallest absolute Gasteiger partial charge is 0.122 e. The standard InChI is InChI=1S/C17H28N2O2/c1-12(18-6)14-8-7-13(9-15(14)20)19-10-16(2,3)21-17(4,5)11-19/h7-9,12,18,20H,10-11H2,1-6H3. The molecule has 0 bridgehead atoms. The summed E-state index contributed by atoms with van der Waals surface area (Å²) in [5.74, 6) is 0.344. The van der Waals surface area contributed by atoms with Crippen LogP contribution in [0.3, 0.4) is 0 Å². The minimum Gasteiger partial charge on any atom is -0.508 e. The minimum absolute atomic E-state index is 0.136. The zero-order chi connectivity index (χ0) is 15.8. The summed E-state index contributed by atoms with van der Waals surface area (Å²) < 4.78 is 6.11. The van der Waals surface area contributed by atoms with Gasteiger partial charge in [0.25, 0.3) is 0 Å². The van der Waals surface area contributed by atoms with E-state index in [4.69, 9.17) is 4.74 Å². The van der Waals surface area contributed by atoms with Crippen molar-refractivity contribution in [2.24, 2.45) is 0 Å². The van der Waals surface area contributed by atoms with E-state index in [1.807, 2.05) is 26.1 Å². The van der Waals surface area contributed by atoms with Gasteiger partial charge in [0, 0.05) is 36.4 Å². The van der Waals surface area contributed by atoms with E-state index < -0.39 is 0 Å². The highest BCUT2D eigenvalue weighted by Crippen LogP contribution is 2.34. The molecular weight excluding hydrogens is 264 g/mol. The second kappa shape index (κ2) is 5.50. The summed E-state index contributed by atoms with van der Waals surface area (Å²) >= 11 is 0. The van der Waals surface area contributed by atoms with Crippen LogP contribution >= 0.6 is 0 Å². The largest absolute Gasteiger partial charge is 0.508 e. The number of hydrogen-bond acceptors (Lipinski definition) is 4. The number of hydrogen-bond donors (Lipinski definition) is 2. The highest BCUT2D eigenvalue weighted by molar-refractivity contribution is 5.55. The zero-order valence-electron chi connectivity index (χ0n) is 14.0. The van der Waals surface area contributed by atoms with Gasteiger partial charge < -0.3 is 20.1 Å². The lowest BCUT2D eigenvalue weighted by Crippen LogP contribution is -2.57. The van der Waals surface area contributed by atoms with Crippen molar-refractivity contribution in [2.45, 2.75) is 51.9 Å². The van der Waals surface area contributed by atoms with Crippen LogP contribution in [-0.4, -0.2) is 36.4 Å². The fraction of sp³-hybridized carbons (Fsp3) is 0.647. The summed E-state index contributed by atoms with van der Waals surface area (Å²) in [6.45, 7) is 12.1. The predicted molar refractivity (Wildman–Crippen MR) is 87.0 cm³/mol. The molecule has 21 heavy (non-hydrogen) atoms. The molecule has 118 valence electrons. The highest BCUT2D eigenvalue weighted by atomic mass is 16.5. The summed E-state index contributed by atoms with van der Waals surface area (Å²) in [5, 5.41) is 13.4. The van der Waals surface area contributed by atoms with E-state index in [1.165, 1.54) is 0 Å². The first-order valence-corrected chi connectivity index (χ1v) is 7.59. The average Bonchev–Trinajstić information content (AvgIpc) is 2.34. The lowest BCUT2D eigenvalue weighted by atomic mass is 9.97. The molecule has 2 rings (SSSR count). The molecule has 1 aromatic rings. The minimum atomic E-state index is -0.200. The molecule has 1 aromatic carbocycles. The number of ether oxygens (including phenoxy) is 1. The molecule has 1 unspecified atom stereocenters. The van der Waals surface area contributed by atoms with Gasteiger partial charge in [-0.15, -0.1) is 0 Å². The van der Waals surface area contributed by atoms with Gasteiger partial charge in [-0.1, -0.05) is 6.07 Å². The van der Waals surface area contributed by atoms with Gasteiger partial charge in [0.2, 0.25) is 0 Å². The van der Waals surface area contributed by atoms with E-state index in [0.29, 0.717) is 5.75 Å². The molecule has 0 saturated carbocycles. The quantitative estimate of drug-likeness (QED) is 0.898. The number of phenolic OH excluding ortho intramolecular Hbond substituents is 1. The topological polar surface area (TPSA) is 44.7 Å². The molecule has 0 aliphatic carbocycles. The van der Waals surface area contributed by atoms with E-state index in [1.54, 1.807) is 0 Å². The lowest BCUT2D eigenvalue weighted by molar-refractivity contribution is -0.133. The molecular formula is C17H28N2O2. The maximum atomic E-state index is 10.3. The Morgan fingerprint density at radius 3 is 2.24 bits per heavy atom. The third kappa shape index (κ3) is 3.69. The van der Waals surface area contributed by atoms with Gasteiger partial charge in [0.1, 0.15) is 5.75 Å². The van der Waals surface area contributed by atoms with Gasteiger partial charge in [-0.25, -0.2) is 0 Å². The van der Waals surface area contributed by atoms with Crippen molar-refractivity contribution in [3.63, 3.8) is 0 Å². The molecule has 1 atom stereocenters. The normalized spacial score (nSPS) is 22.1. The summed E-state index contributed by atoms with van der Waals surface area (Å²) in [5.41, 5.74) is 1.57. The maximum Gasteiger partial charge on any atom is 0.122 e. The van der Waals surface area contributed by atoms with Crippen molar-refractivity contribution in [2.75, 3.05) is 25.0 Å². The fourth-order valence-corrected chi connectivity index (χ4v) is 3.22. The molecule has 0 amide bonds. The Labute approximate surface area is 128 Å². The number of morpholine rings is 1. The van der Waals surface area contributed by atoms with Crippen LogP contribution in [0, 0.1) is 0 Å². The summed E-state index contributed by atoms with van der Waals surface area (Å²) in [6, 6.07) is 6.08. The molecule has 0 radical (unpaired) electrons. The Bertz CT molecular complexity index is 496. The summed E-state index contributed by atoms with van der Waals surface area (Å²) in [4.78, 5) is 2.29. The number of benzene rings is 1. The van der Waals surface area contributed by atoms with Gasteiger partial charge in [-0.05, 0) is 47.7 Å². The second-order valence-electron chi connectivity index (χ2n) is 7.23. The van der Waals surface area contributed by atoms with Crippen LogP contribution in [0.4, 0.5) is 5.69 Å². The molecule has 2 N–H and O–H groups in total. The Kier molecular flexibility index (Phi) is 4.22. The first-order valence-electron chi connectivity index (χ1n) is 7.59. The van der Waals surface area contributed by atoms with E-state index in [0.717, 1.165) is 24.3 Å². The Morgan fingerprint density at radius 1 is 1.19 bits per heavy atom. The van der Waals surface area contributed by atoms with Crippen LogP contribution in [0.15, 0.2) is 18.2 Å². The Hall–Kier alpha value is -1.26. The third-order valence-electron chi connectivity index (χ3n) is 3.97. The number of nitrogens with one attached hydrogen (secondary N) is 1.